The first-order valence-corrected chi connectivity index (χ1v) is 16.2. The molecule has 49 heavy (non-hydrogen) atoms. The van der Waals surface area contributed by atoms with Crippen LogP contribution in [0.15, 0.2) is 133 Å². The second-order valence-electron chi connectivity index (χ2n) is 12.9. The Labute approximate surface area is 282 Å². The average Bonchev–Trinajstić information content (AvgIpc) is 3.66. The number of imide groups is 2. The van der Waals surface area contributed by atoms with Gasteiger partial charge >= 0.3 is 0 Å². The van der Waals surface area contributed by atoms with Gasteiger partial charge in [-0.15, -0.1) is 0 Å². The third kappa shape index (κ3) is 3.88. The van der Waals surface area contributed by atoms with Crippen LogP contribution in [0, 0.1) is 13.8 Å². The summed E-state index contributed by atoms with van der Waals surface area (Å²) in [4.78, 5) is 56.2. The molecular formula is C43H28N2O4. The zero-order valence-electron chi connectivity index (χ0n) is 26.7. The van der Waals surface area contributed by atoms with Crippen molar-refractivity contribution in [3.63, 3.8) is 0 Å². The van der Waals surface area contributed by atoms with E-state index in [1.807, 2.05) is 98.8 Å². The van der Waals surface area contributed by atoms with Gasteiger partial charge in [-0.05, 0) is 95.8 Å². The second-order valence-corrected chi connectivity index (χ2v) is 12.9. The highest BCUT2D eigenvalue weighted by Crippen LogP contribution is 2.56. The van der Waals surface area contributed by atoms with Crippen molar-refractivity contribution >= 4 is 35.0 Å². The third-order valence-corrected chi connectivity index (χ3v) is 10.2. The first-order chi connectivity index (χ1) is 23.8. The topological polar surface area (TPSA) is 74.8 Å². The maximum Gasteiger partial charge on any atom is 0.266 e. The summed E-state index contributed by atoms with van der Waals surface area (Å²) >= 11 is 0. The fourth-order valence-electron chi connectivity index (χ4n) is 7.92. The van der Waals surface area contributed by atoms with Crippen LogP contribution in [-0.2, 0) is 5.41 Å². The molecule has 1 aliphatic carbocycles. The van der Waals surface area contributed by atoms with Crippen LogP contribution < -0.4 is 9.80 Å². The molecule has 2 aliphatic heterocycles. The fourth-order valence-corrected chi connectivity index (χ4v) is 7.92. The molecule has 0 saturated heterocycles. The van der Waals surface area contributed by atoms with E-state index in [0.717, 1.165) is 44.5 Å². The Bertz CT molecular complexity index is 2270. The Morgan fingerprint density at radius 2 is 0.755 bits per heavy atom. The largest absolute Gasteiger partial charge is 0.268 e. The number of anilines is 2. The van der Waals surface area contributed by atoms with Crippen LogP contribution in [0.25, 0.3) is 11.1 Å². The van der Waals surface area contributed by atoms with E-state index in [1.165, 1.54) is 9.80 Å². The van der Waals surface area contributed by atoms with Gasteiger partial charge in [0.1, 0.15) is 0 Å². The van der Waals surface area contributed by atoms with Gasteiger partial charge in [0.15, 0.2) is 0 Å². The van der Waals surface area contributed by atoms with Crippen molar-refractivity contribution in [1.29, 1.82) is 0 Å². The number of fused-ring (bicyclic) bond motifs is 5. The molecule has 4 amide bonds. The molecule has 0 aromatic heterocycles. The summed E-state index contributed by atoms with van der Waals surface area (Å²) in [5.41, 5.74) is 10.0. The van der Waals surface area contributed by atoms with Crippen molar-refractivity contribution in [2.75, 3.05) is 9.80 Å². The maximum absolute atomic E-state index is 13.4. The van der Waals surface area contributed by atoms with Crippen molar-refractivity contribution in [2.24, 2.45) is 0 Å². The minimum Gasteiger partial charge on any atom is -0.268 e. The smallest absolute Gasteiger partial charge is 0.266 e. The van der Waals surface area contributed by atoms with Gasteiger partial charge in [0, 0.05) is 0 Å². The highest BCUT2D eigenvalue weighted by atomic mass is 16.2. The van der Waals surface area contributed by atoms with Gasteiger partial charge in [-0.1, -0.05) is 96.1 Å². The molecule has 0 atom stereocenters. The Hall–Kier alpha value is -6.40. The lowest BCUT2D eigenvalue weighted by molar-refractivity contribution is 0.0910. The van der Waals surface area contributed by atoms with Gasteiger partial charge in [0.05, 0.1) is 39.0 Å². The molecule has 3 aliphatic rings. The third-order valence-electron chi connectivity index (χ3n) is 10.2. The van der Waals surface area contributed by atoms with E-state index in [1.54, 1.807) is 24.3 Å². The number of benzene rings is 6. The molecule has 6 aromatic carbocycles. The van der Waals surface area contributed by atoms with E-state index >= 15 is 0 Å². The van der Waals surface area contributed by atoms with Crippen LogP contribution in [0.4, 0.5) is 11.4 Å². The normalized spacial score (nSPS) is 15.4. The molecule has 6 nitrogen and oxygen atoms in total. The molecule has 6 heteroatoms. The average molecular weight is 637 g/mol. The summed E-state index contributed by atoms with van der Waals surface area (Å²) in [5, 5.41) is 0. The number of carbonyl (C=O) groups excluding carboxylic acids is 4. The minimum absolute atomic E-state index is 0.332. The van der Waals surface area contributed by atoms with Gasteiger partial charge < -0.3 is 0 Å². The second kappa shape index (κ2) is 10.3. The SMILES string of the molecule is Cc1ccc2c(c1)C(=O)N(c1ccc(C3(c4ccc(N5C(=O)c6ccc(C)cc6C5=O)cc4)c4ccccc4-c4ccccc43)cc1)C2=O. The molecule has 2 heterocycles. The number of hydrogen-bond donors (Lipinski definition) is 0. The zero-order chi connectivity index (χ0) is 33.6. The lowest BCUT2D eigenvalue weighted by Gasteiger charge is -2.34. The summed E-state index contributed by atoms with van der Waals surface area (Å²) in [6, 6.07) is 42.6. The highest BCUT2D eigenvalue weighted by molar-refractivity contribution is 6.35. The molecule has 234 valence electrons. The monoisotopic (exact) mass is 636 g/mol. The Morgan fingerprint density at radius 3 is 1.16 bits per heavy atom. The van der Waals surface area contributed by atoms with E-state index in [2.05, 4.69) is 24.3 Å². The number of amides is 4. The highest BCUT2D eigenvalue weighted by Gasteiger charge is 2.46. The number of hydrogen-bond acceptors (Lipinski definition) is 4. The Kier molecular flexibility index (Phi) is 6.05. The minimum atomic E-state index is -0.761. The first-order valence-electron chi connectivity index (χ1n) is 16.2. The van der Waals surface area contributed by atoms with E-state index in [4.69, 9.17) is 0 Å². The summed E-state index contributed by atoms with van der Waals surface area (Å²) < 4.78 is 0. The molecule has 6 aromatic rings. The molecule has 0 spiro atoms. The number of nitrogens with zero attached hydrogens (tertiary/aromatic N) is 2. The molecule has 0 fully saturated rings. The Balaban J connectivity index is 1.18. The van der Waals surface area contributed by atoms with Crippen LogP contribution in [0.1, 0.15) is 74.8 Å². The first kappa shape index (κ1) is 28.8. The Morgan fingerprint density at radius 1 is 0.388 bits per heavy atom. The number of aryl methyl sites for hydroxylation is 2. The predicted octanol–water partition coefficient (Wildman–Crippen LogP) is 8.27. The van der Waals surface area contributed by atoms with Crippen LogP contribution in [0.5, 0.6) is 0 Å². The summed E-state index contributed by atoms with van der Waals surface area (Å²) in [6.07, 6.45) is 0. The van der Waals surface area contributed by atoms with Crippen molar-refractivity contribution in [3.05, 3.63) is 189 Å². The van der Waals surface area contributed by atoms with E-state index in [9.17, 15) is 19.2 Å². The quantitative estimate of drug-likeness (QED) is 0.182. The summed E-state index contributed by atoms with van der Waals surface area (Å²) in [5.74, 6) is -1.33. The van der Waals surface area contributed by atoms with Gasteiger partial charge in [-0.2, -0.15) is 0 Å². The fraction of sp³-hybridized carbons (Fsp3) is 0.0698. The molecule has 0 radical (unpaired) electrons. The lowest BCUT2D eigenvalue weighted by atomic mass is 9.67. The molecular weight excluding hydrogens is 608 g/mol. The summed E-state index contributed by atoms with van der Waals surface area (Å²) in [6.45, 7) is 3.80. The van der Waals surface area contributed by atoms with Gasteiger partial charge in [0.25, 0.3) is 23.6 Å². The van der Waals surface area contributed by atoms with Gasteiger partial charge in [-0.3, -0.25) is 19.2 Å². The maximum atomic E-state index is 13.4. The van der Waals surface area contributed by atoms with E-state index in [0.29, 0.717) is 33.6 Å². The van der Waals surface area contributed by atoms with Crippen molar-refractivity contribution < 1.29 is 19.2 Å². The standard InChI is InChI=1S/C43H28N2O4/c1-25-11-21-33-35(23-25)41(48)44(39(33)46)29-17-13-27(14-18-29)43(37-9-5-3-7-31(37)32-8-4-6-10-38(32)43)28-15-19-30(20-16-28)45-40(47)34-22-12-26(2)24-36(34)42(45)49/h3-24H,1-2H3. The van der Waals surface area contributed by atoms with Gasteiger partial charge in [0.2, 0.25) is 0 Å². The molecule has 0 bridgehead atoms. The summed E-state index contributed by atoms with van der Waals surface area (Å²) in [7, 11) is 0. The van der Waals surface area contributed by atoms with E-state index < -0.39 is 5.41 Å². The molecule has 0 N–H and O–H groups in total. The van der Waals surface area contributed by atoms with Crippen molar-refractivity contribution in [2.45, 2.75) is 19.3 Å². The zero-order valence-corrected chi connectivity index (χ0v) is 26.7. The predicted molar refractivity (Wildman–Crippen MR) is 188 cm³/mol. The van der Waals surface area contributed by atoms with Crippen LogP contribution in [-0.4, -0.2) is 23.6 Å². The number of rotatable bonds is 4. The van der Waals surface area contributed by atoms with Gasteiger partial charge in [-0.25, -0.2) is 9.80 Å². The van der Waals surface area contributed by atoms with E-state index in [-0.39, 0.29) is 23.6 Å². The molecule has 0 unspecified atom stereocenters. The van der Waals surface area contributed by atoms with Crippen molar-refractivity contribution in [1.82, 2.24) is 0 Å². The van der Waals surface area contributed by atoms with Crippen LogP contribution in [0.2, 0.25) is 0 Å². The molecule has 9 rings (SSSR count). The van der Waals surface area contributed by atoms with Crippen LogP contribution >= 0.6 is 0 Å². The lowest BCUT2D eigenvalue weighted by Crippen LogP contribution is -2.31. The van der Waals surface area contributed by atoms with Crippen LogP contribution in [0.3, 0.4) is 0 Å². The molecule has 0 saturated carbocycles. The van der Waals surface area contributed by atoms with Crippen molar-refractivity contribution in [3.8, 4) is 11.1 Å². The number of carbonyl (C=O) groups is 4.